The van der Waals surface area contributed by atoms with Crippen molar-refractivity contribution in [3.63, 3.8) is 0 Å². The van der Waals surface area contributed by atoms with E-state index in [1.807, 2.05) is 30.3 Å². The Morgan fingerprint density at radius 1 is 1.05 bits per heavy atom. The molecule has 20 heavy (non-hydrogen) atoms. The van der Waals surface area contributed by atoms with Gasteiger partial charge in [-0.05, 0) is 28.5 Å². The fourth-order valence-corrected chi connectivity index (χ4v) is 3.99. The zero-order valence-electron chi connectivity index (χ0n) is 12.0. The van der Waals surface area contributed by atoms with Crippen molar-refractivity contribution in [2.75, 3.05) is 0 Å². The molecule has 1 heterocycles. The molecule has 3 rings (SSSR count). The third-order valence-corrected chi connectivity index (χ3v) is 5.40. The lowest BCUT2D eigenvalue weighted by atomic mass is 9.81. The van der Waals surface area contributed by atoms with Crippen LogP contribution >= 0.6 is 7.65 Å². The minimum absolute atomic E-state index is 0.00796. The maximum absolute atomic E-state index is 12.6. The average Bonchev–Trinajstić information content (AvgIpc) is 2.47. The molecule has 1 unspecified atom stereocenters. The van der Waals surface area contributed by atoms with Crippen LogP contribution in [-0.2, 0) is 9.98 Å². The minimum atomic E-state index is -1.83. The molecule has 0 saturated carbocycles. The Morgan fingerprint density at radius 3 is 2.50 bits per heavy atom. The number of fused-ring (bicyclic) bond motifs is 3. The Balaban J connectivity index is 2.53. The first kappa shape index (κ1) is 13.3. The molecule has 0 spiro atoms. The average molecular weight is 285 g/mol. The third kappa shape index (κ3) is 1.96. The van der Waals surface area contributed by atoms with E-state index >= 15 is 0 Å². The molecule has 2 nitrogen and oxygen atoms in total. The maximum atomic E-state index is 12.6. The summed E-state index contributed by atoms with van der Waals surface area (Å²) < 4.78 is 18.2. The van der Waals surface area contributed by atoms with Crippen molar-refractivity contribution in [1.29, 1.82) is 0 Å². The molecule has 0 aliphatic rings. The summed E-state index contributed by atoms with van der Waals surface area (Å²) in [5, 5.41) is 2.95. The van der Waals surface area contributed by atoms with Gasteiger partial charge in [-0.15, -0.1) is 0 Å². The monoisotopic (exact) mass is 285 g/mol. The van der Waals surface area contributed by atoms with Gasteiger partial charge in [0.15, 0.2) is 5.58 Å². The van der Waals surface area contributed by atoms with Gasteiger partial charge in [0.2, 0.25) is 5.12 Å². The van der Waals surface area contributed by atoms with Gasteiger partial charge in [0.25, 0.3) is 0 Å². The van der Waals surface area contributed by atoms with E-state index in [0.717, 1.165) is 27.9 Å². The second kappa shape index (κ2) is 4.71. The van der Waals surface area contributed by atoms with Crippen molar-refractivity contribution >= 4 is 29.1 Å². The highest BCUT2D eigenvalue weighted by molar-refractivity contribution is 7.37. The van der Waals surface area contributed by atoms with E-state index in [1.54, 1.807) is 0 Å². The molecule has 3 aromatic rings. The Morgan fingerprint density at radius 2 is 1.75 bits per heavy atom. The van der Waals surface area contributed by atoms with E-state index in [2.05, 4.69) is 32.9 Å². The van der Waals surface area contributed by atoms with Crippen LogP contribution in [0.4, 0.5) is 0 Å². The Bertz CT molecular complexity index is 846. The zero-order valence-corrected chi connectivity index (χ0v) is 12.9. The minimum Gasteiger partial charge on any atom is -0.250 e. The first-order chi connectivity index (χ1) is 9.54. The number of rotatable bonds is 2. The van der Waals surface area contributed by atoms with E-state index in [-0.39, 0.29) is 5.41 Å². The normalized spacial score (nSPS) is 13.1. The maximum Gasteiger partial charge on any atom is 0.598 e. The fraction of sp³-hybridized carbons (Fsp3) is 0.294. The molecule has 0 N–H and O–H groups in total. The lowest BCUT2D eigenvalue weighted by Gasteiger charge is -2.22. The summed E-state index contributed by atoms with van der Waals surface area (Å²) in [5.74, 6) is 0. The lowest BCUT2D eigenvalue weighted by molar-refractivity contribution is 0.510. The van der Waals surface area contributed by atoms with Crippen molar-refractivity contribution < 1.29 is 8.76 Å². The van der Waals surface area contributed by atoms with E-state index in [4.69, 9.17) is 4.20 Å². The van der Waals surface area contributed by atoms with Crippen molar-refractivity contribution in [3.05, 3.63) is 48.0 Å². The predicted molar refractivity (Wildman–Crippen MR) is 84.6 cm³/mol. The van der Waals surface area contributed by atoms with Gasteiger partial charge in [-0.2, -0.15) is 0 Å². The Labute approximate surface area is 119 Å². The summed E-state index contributed by atoms with van der Waals surface area (Å²) in [6, 6.07) is 14.0. The molecule has 0 radical (unpaired) electrons. The highest BCUT2D eigenvalue weighted by Gasteiger charge is 2.28. The fourth-order valence-electron chi connectivity index (χ4n) is 2.60. The molecular formula is C17H18O2P+. The van der Waals surface area contributed by atoms with Crippen LogP contribution in [0.25, 0.3) is 21.5 Å². The van der Waals surface area contributed by atoms with Crippen LogP contribution in [0.2, 0.25) is 0 Å². The van der Waals surface area contributed by atoms with Crippen LogP contribution in [0, 0.1) is 0 Å². The molecule has 0 bridgehead atoms. The van der Waals surface area contributed by atoms with Crippen LogP contribution in [0.5, 0.6) is 0 Å². The smallest absolute Gasteiger partial charge is 0.250 e. The lowest BCUT2D eigenvalue weighted by Crippen LogP contribution is -2.15. The summed E-state index contributed by atoms with van der Waals surface area (Å²) in [5.41, 5.74) is 1.84. The molecule has 102 valence electrons. The molecule has 0 aliphatic carbocycles. The summed E-state index contributed by atoms with van der Waals surface area (Å²) in [7, 11) is -1.83. The number of hydrogen-bond donors (Lipinski definition) is 0. The number of benzene rings is 2. The number of para-hydroxylation sites is 1. The molecule has 0 aliphatic heterocycles. The summed E-state index contributed by atoms with van der Waals surface area (Å²) in [6.45, 7) is 6.53. The molecular weight excluding hydrogens is 267 g/mol. The molecule has 1 atom stereocenters. The summed E-state index contributed by atoms with van der Waals surface area (Å²) in [6.07, 6.45) is 0.994. The van der Waals surface area contributed by atoms with Crippen LogP contribution in [0.15, 0.2) is 46.7 Å². The van der Waals surface area contributed by atoms with E-state index in [9.17, 15) is 4.57 Å². The third-order valence-electron chi connectivity index (χ3n) is 4.19. The molecule has 0 saturated heterocycles. The Kier molecular flexibility index (Phi) is 3.14. The zero-order chi connectivity index (χ0) is 14.3. The van der Waals surface area contributed by atoms with Crippen molar-refractivity contribution in [3.8, 4) is 0 Å². The first-order valence-corrected chi connectivity index (χ1v) is 8.10. The van der Waals surface area contributed by atoms with Gasteiger partial charge in [0, 0.05) is 16.3 Å². The van der Waals surface area contributed by atoms with E-state index in [1.165, 1.54) is 0 Å². The first-order valence-electron chi connectivity index (χ1n) is 6.92. The highest BCUT2D eigenvalue weighted by atomic mass is 31.1. The number of hydrogen-bond acceptors (Lipinski definition) is 2. The van der Waals surface area contributed by atoms with Crippen LogP contribution in [-0.4, -0.2) is 0 Å². The second-order valence-corrected chi connectivity index (χ2v) is 6.93. The van der Waals surface area contributed by atoms with Crippen LogP contribution in [0.3, 0.4) is 0 Å². The van der Waals surface area contributed by atoms with Gasteiger partial charge in [-0.1, -0.05) is 51.1 Å². The van der Waals surface area contributed by atoms with Gasteiger partial charge in [-0.3, -0.25) is 0 Å². The topological polar surface area (TPSA) is 30.2 Å². The van der Waals surface area contributed by atoms with Crippen molar-refractivity contribution in [1.82, 2.24) is 0 Å². The standard InChI is InChI=1S/C17H18O2P/c1-4-17(2,3)14-10-7-9-13-12-8-5-6-11-15(12)19-20(18)16(13)14/h5-11H,4H2,1-3H3/q+1. The summed E-state index contributed by atoms with van der Waals surface area (Å²) >= 11 is 0. The molecule has 3 heteroatoms. The molecule has 0 amide bonds. The van der Waals surface area contributed by atoms with Gasteiger partial charge in [-0.25, -0.2) is 4.20 Å². The molecule has 1 aromatic heterocycles. The Hall–Kier alpha value is -1.66. The SMILES string of the molecule is CCC(C)(C)c1cccc2c3ccccc3o[p+](=O)c12. The van der Waals surface area contributed by atoms with Gasteiger partial charge >= 0.3 is 7.65 Å². The largest absolute Gasteiger partial charge is 0.598 e. The molecule has 0 fully saturated rings. The van der Waals surface area contributed by atoms with Gasteiger partial charge in [0.1, 0.15) is 0 Å². The predicted octanol–water partition coefficient (Wildman–Crippen LogP) is 6.02. The van der Waals surface area contributed by atoms with Crippen LogP contribution in [0.1, 0.15) is 32.8 Å². The van der Waals surface area contributed by atoms with E-state index < -0.39 is 7.65 Å². The van der Waals surface area contributed by atoms with Crippen molar-refractivity contribution in [2.45, 2.75) is 32.6 Å². The second-order valence-electron chi connectivity index (χ2n) is 5.78. The molecule has 2 aromatic carbocycles. The van der Waals surface area contributed by atoms with Crippen LogP contribution < -0.4 is 0 Å². The van der Waals surface area contributed by atoms with E-state index in [0.29, 0.717) is 5.58 Å². The van der Waals surface area contributed by atoms with Crippen molar-refractivity contribution in [2.24, 2.45) is 0 Å². The highest BCUT2D eigenvalue weighted by Crippen LogP contribution is 2.42. The van der Waals surface area contributed by atoms with Gasteiger partial charge in [0.05, 0.1) is 0 Å². The van der Waals surface area contributed by atoms with Gasteiger partial charge < -0.3 is 0 Å². The summed E-state index contributed by atoms with van der Waals surface area (Å²) in [4.78, 5) is 0. The quantitative estimate of drug-likeness (QED) is 0.539.